The topological polar surface area (TPSA) is 63.2 Å². The summed E-state index contributed by atoms with van der Waals surface area (Å²) in [7, 11) is 1.66. The molecule has 2 aromatic rings. The standard InChI is InChI=1S/C18H24N4O2S/c1-3-6-16-19-20-18(25)22(16)12-17(23)21-10-5-9-15(21)13-7-4-8-14(11-13)24-2/h4,7-8,11,15H,3,5-6,9-10,12H2,1-2H3,(H,20,25). The van der Waals surface area contributed by atoms with E-state index in [1.54, 1.807) is 7.11 Å². The van der Waals surface area contributed by atoms with Crippen molar-refractivity contribution >= 4 is 18.1 Å². The van der Waals surface area contributed by atoms with E-state index >= 15 is 0 Å². The second-order valence-corrected chi connectivity index (χ2v) is 6.69. The van der Waals surface area contributed by atoms with Gasteiger partial charge in [-0.3, -0.25) is 14.5 Å². The quantitative estimate of drug-likeness (QED) is 0.803. The van der Waals surface area contributed by atoms with Crippen LogP contribution in [0.3, 0.4) is 0 Å². The highest BCUT2D eigenvalue weighted by atomic mass is 32.1. The molecule has 1 aliphatic rings. The number of aryl methyl sites for hydroxylation is 1. The third kappa shape index (κ3) is 3.76. The SMILES string of the molecule is CCCc1n[nH]c(=S)n1CC(=O)N1CCCC1c1cccc(OC)c1. The summed E-state index contributed by atoms with van der Waals surface area (Å²) in [5, 5.41) is 7.05. The van der Waals surface area contributed by atoms with Crippen LogP contribution in [0.4, 0.5) is 0 Å². The third-order valence-corrected chi connectivity index (χ3v) is 4.97. The molecular weight excluding hydrogens is 336 g/mol. The normalized spacial score (nSPS) is 17.0. The molecule has 25 heavy (non-hydrogen) atoms. The average molecular weight is 360 g/mol. The molecule has 3 rings (SSSR count). The van der Waals surface area contributed by atoms with E-state index < -0.39 is 0 Å². The van der Waals surface area contributed by atoms with Crippen molar-refractivity contribution in [1.82, 2.24) is 19.7 Å². The van der Waals surface area contributed by atoms with Crippen LogP contribution in [0.2, 0.25) is 0 Å². The zero-order chi connectivity index (χ0) is 17.8. The Labute approximate surface area is 152 Å². The van der Waals surface area contributed by atoms with Crippen molar-refractivity contribution in [2.45, 2.75) is 45.2 Å². The van der Waals surface area contributed by atoms with E-state index in [0.29, 0.717) is 4.77 Å². The van der Waals surface area contributed by atoms with E-state index in [1.807, 2.05) is 27.7 Å². The van der Waals surface area contributed by atoms with Crippen LogP contribution in [0.25, 0.3) is 0 Å². The van der Waals surface area contributed by atoms with Gasteiger partial charge in [-0.1, -0.05) is 19.1 Å². The monoisotopic (exact) mass is 360 g/mol. The highest BCUT2D eigenvalue weighted by molar-refractivity contribution is 7.71. The fraction of sp³-hybridized carbons (Fsp3) is 0.500. The zero-order valence-corrected chi connectivity index (χ0v) is 15.5. The molecule has 1 aliphatic heterocycles. The lowest BCUT2D eigenvalue weighted by Crippen LogP contribution is -2.33. The zero-order valence-electron chi connectivity index (χ0n) is 14.7. The van der Waals surface area contributed by atoms with E-state index in [1.165, 1.54) is 0 Å². The van der Waals surface area contributed by atoms with Gasteiger partial charge >= 0.3 is 0 Å². The van der Waals surface area contributed by atoms with Gasteiger partial charge in [0, 0.05) is 13.0 Å². The molecule has 0 saturated carbocycles. The van der Waals surface area contributed by atoms with Crippen LogP contribution in [-0.2, 0) is 17.8 Å². The Morgan fingerprint density at radius 1 is 1.48 bits per heavy atom. The number of aromatic nitrogens is 3. The highest BCUT2D eigenvalue weighted by Crippen LogP contribution is 2.33. The number of methoxy groups -OCH3 is 1. The second-order valence-electron chi connectivity index (χ2n) is 6.30. The fourth-order valence-corrected chi connectivity index (χ4v) is 3.63. The Morgan fingerprint density at radius 3 is 3.08 bits per heavy atom. The van der Waals surface area contributed by atoms with E-state index in [0.717, 1.165) is 49.4 Å². The van der Waals surface area contributed by atoms with Gasteiger partial charge in [-0.2, -0.15) is 5.10 Å². The molecule has 1 fully saturated rings. The number of ether oxygens (including phenoxy) is 1. The molecule has 0 radical (unpaired) electrons. The molecular formula is C18H24N4O2S. The number of nitrogens with zero attached hydrogens (tertiary/aromatic N) is 3. The number of hydrogen-bond acceptors (Lipinski definition) is 4. The van der Waals surface area contributed by atoms with E-state index in [4.69, 9.17) is 17.0 Å². The van der Waals surface area contributed by atoms with Gasteiger partial charge in [0.05, 0.1) is 13.2 Å². The molecule has 1 aromatic carbocycles. The Hall–Kier alpha value is -2.15. The maximum Gasteiger partial charge on any atom is 0.243 e. The Balaban J connectivity index is 1.79. The van der Waals surface area contributed by atoms with Gasteiger partial charge in [0.15, 0.2) is 4.77 Å². The largest absolute Gasteiger partial charge is 0.497 e. The molecule has 1 saturated heterocycles. The maximum atomic E-state index is 12.9. The first-order valence-electron chi connectivity index (χ1n) is 8.71. The average Bonchev–Trinajstić information content (AvgIpc) is 3.24. The van der Waals surface area contributed by atoms with Gasteiger partial charge < -0.3 is 9.64 Å². The number of nitrogens with one attached hydrogen (secondary N) is 1. The van der Waals surface area contributed by atoms with Crippen molar-refractivity contribution in [2.24, 2.45) is 0 Å². The molecule has 134 valence electrons. The summed E-state index contributed by atoms with van der Waals surface area (Å²) in [5.74, 6) is 1.75. The van der Waals surface area contributed by atoms with Crippen molar-refractivity contribution in [3.05, 3.63) is 40.4 Å². The minimum Gasteiger partial charge on any atom is -0.497 e. The van der Waals surface area contributed by atoms with Crippen LogP contribution in [-0.4, -0.2) is 39.2 Å². The van der Waals surface area contributed by atoms with Gasteiger partial charge in [0.25, 0.3) is 0 Å². The summed E-state index contributed by atoms with van der Waals surface area (Å²) in [6, 6.07) is 8.07. The predicted octanol–water partition coefficient (Wildman–Crippen LogP) is 3.27. The van der Waals surface area contributed by atoms with Crippen molar-refractivity contribution in [2.75, 3.05) is 13.7 Å². The fourth-order valence-electron chi connectivity index (χ4n) is 3.41. The molecule has 1 aromatic heterocycles. The van der Waals surface area contributed by atoms with E-state index in [2.05, 4.69) is 23.2 Å². The van der Waals surface area contributed by atoms with E-state index in [-0.39, 0.29) is 18.5 Å². The lowest BCUT2D eigenvalue weighted by atomic mass is 10.0. The van der Waals surface area contributed by atoms with Gasteiger partial charge in [-0.05, 0) is 49.2 Å². The number of hydrogen-bond donors (Lipinski definition) is 1. The summed E-state index contributed by atoms with van der Waals surface area (Å²) in [5.41, 5.74) is 1.12. The number of aromatic amines is 1. The molecule has 1 atom stereocenters. The van der Waals surface area contributed by atoms with Gasteiger partial charge in [-0.15, -0.1) is 0 Å². The van der Waals surface area contributed by atoms with Crippen LogP contribution >= 0.6 is 12.2 Å². The number of carbonyl (C=O) groups excluding carboxylic acids is 1. The molecule has 6 nitrogen and oxygen atoms in total. The smallest absolute Gasteiger partial charge is 0.243 e. The molecule has 1 unspecified atom stereocenters. The lowest BCUT2D eigenvalue weighted by molar-refractivity contribution is -0.132. The van der Waals surface area contributed by atoms with Crippen LogP contribution in [0, 0.1) is 4.77 Å². The van der Waals surface area contributed by atoms with Crippen molar-refractivity contribution in [1.29, 1.82) is 0 Å². The summed E-state index contributed by atoms with van der Waals surface area (Å²) in [4.78, 5) is 14.9. The Morgan fingerprint density at radius 2 is 2.32 bits per heavy atom. The Bertz CT molecular complexity index is 798. The van der Waals surface area contributed by atoms with Crippen LogP contribution < -0.4 is 4.74 Å². The van der Waals surface area contributed by atoms with Crippen molar-refractivity contribution in [3.8, 4) is 5.75 Å². The number of likely N-dealkylation sites (tertiary alicyclic amines) is 1. The van der Waals surface area contributed by atoms with Crippen molar-refractivity contribution < 1.29 is 9.53 Å². The molecule has 0 bridgehead atoms. The lowest BCUT2D eigenvalue weighted by Gasteiger charge is -2.25. The number of H-pyrrole nitrogens is 1. The highest BCUT2D eigenvalue weighted by Gasteiger charge is 2.30. The molecule has 0 aliphatic carbocycles. The number of carbonyl (C=O) groups is 1. The number of amides is 1. The molecule has 0 spiro atoms. The number of rotatable bonds is 6. The first kappa shape index (κ1) is 17.7. The molecule has 7 heteroatoms. The maximum absolute atomic E-state index is 12.9. The minimum atomic E-state index is 0.0835. The van der Waals surface area contributed by atoms with E-state index in [9.17, 15) is 4.79 Å². The first-order valence-corrected chi connectivity index (χ1v) is 9.12. The number of benzene rings is 1. The van der Waals surface area contributed by atoms with Crippen molar-refractivity contribution in [3.63, 3.8) is 0 Å². The molecule has 2 heterocycles. The van der Waals surface area contributed by atoms with Crippen LogP contribution in [0.15, 0.2) is 24.3 Å². The summed E-state index contributed by atoms with van der Waals surface area (Å²) >= 11 is 5.29. The van der Waals surface area contributed by atoms with Crippen LogP contribution in [0.5, 0.6) is 5.75 Å². The minimum absolute atomic E-state index is 0.0835. The van der Waals surface area contributed by atoms with Gasteiger partial charge in [0.2, 0.25) is 5.91 Å². The van der Waals surface area contributed by atoms with Crippen LogP contribution in [0.1, 0.15) is 43.6 Å². The summed E-state index contributed by atoms with van der Waals surface area (Å²) < 4.78 is 7.65. The Kier molecular flexibility index (Phi) is 5.53. The van der Waals surface area contributed by atoms with Gasteiger partial charge in [0.1, 0.15) is 18.1 Å². The predicted molar refractivity (Wildman–Crippen MR) is 98.1 cm³/mol. The molecule has 1 amide bonds. The third-order valence-electron chi connectivity index (χ3n) is 4.66. The first-order chi connectivity index (χ1) is 12.1. The summed E-state index contributed by atoms with van der Waals surface area (Å²) in [6.45, 7) is 3.10. The molecule has 1 N–H and O–H groups in total. The van der Waals surface area contributed by atoms with Gasteiger partial charge in [-0.25, -0.2) is 0 Å². The summed E-state index contributed by atoms with van der Waals surface area (Å²) in [6.07, 6.45) is 3.74. The second kappa shape index (κ2) is 7.82.